The van der Waals surface area contributed by atoms with E-state index in [-0.39, 0.29) is 0 Å². The van der Waals surface area contributed by atoms with E-state index < -0.39 is 0 Å². The summed E-state index contributed by atoms with van der Waals surface area (Å²) in [7, 11) is 0. The van der Waals surface area contributed by atoms with E-state index in [4.69, 9.17) is 11.6 Å². The van der Waals surface area contributed by atoms with Crippen LogP contribution in [0.15, 0.2) is 42.7 Å². The summed E-state index contributed by atoms with van der Waals surface area (Å²) in [6.45, 7) is 3.00. The predicted octanol–water partition coefficient (Wildman–Crippen LogP) is 3.52. The molecule has 1 heterocycles. The molecule has 0 radical (unpaired) electrons. The number of halogens is 1. The first-order valence-corrected chi connectivity index (χ1v) is 5.74. The zero-order valence-corrected chi connectivity index (χ0v) is 9.96. The third-order valence-electron chi connectivity index (χ3n) is 2.62. The standard InChI is InChI=1S/C13H15ClN2/c1-10(12-3-2-4-13(14)7-12)16-9-11-5-6-15-8-11/h2-8,10,15-16H,9H2,1H3/t10-/m1/s1. The molecule has 0 saturated heterocycles. The van der Waals surface area contributed by atoms with Crippen molar-refractivity contribution in [2.24, 2.45) is 0 Å². The molecule has 2 aromatic rings. The van der Waals surface area contributed by atoms with Crippen molar-refractivity contribution in [1.82, 2.24) is 10.3 Å². The van der Waals surface area contributed by atoms with E-state index >= 15 is 0 Å². The lowest BCUT2D eigenvalue weighted by molar-refractivity contribution is 0.575. The Bertz CT molecular complexity index is 437. The van der Waals surface area contributed by atoms with Crippen LogP contribution >= 0.6 is 11.6 Å². The molecule has 0 aliphatic heterocycles. The highest BCUT2D eigenvalue weighted by Gasteiger charge is 2.04. The summed E-state index contributed by atoms with van der Waals surface area (Å²) in [5.74, 6) is 0. The molecule has 16 heavy (non-hydrogen) atoms. The fourth-order valence-corrected chi connectivity index (χ4v) is 1.83. The van der Waals surface area contributed by atoms with E-state index in [0.29, 0.717) is 6.04 Å². The number of H-pyrrole nitrogens is 1. The van der Waals surface area contributed by atoms with Crippen LogP contribution in [0, 0.1) is 0 Å². The summed E-state index contributed by atoms with van der Waals surface area (Å²) in [4.78, 5) is 3.04. The van der Waals surface area contributed by atoms with Crippen molar-refractivity contribution >= 4 is 11.6 Å². The zero-order valence-electron chi connectivity index (χ0n) is 9.20. The average molecular weight is 235 g/mol. The van der Waals surface area contributed by atoms with Gasteiger partial charge in [0.1, 0.15) is 0 Å². The van der Waals surface area contributed by atoms with Gasteiger partial charge in [0, 0.05) is 30.0 Å². The Morgan fingerprint density at radius 3 is 2.94 bits per heavy atom. The van der Waals surface area contributed by atoms with Gasteiger partial charge in [-0.1, -0.05) is 23.7 Å². The van der Waals surface area contributed by atoms with Gasteiger partial charge in [0.25, 0.3) is 0 Å². The van der Waals surface area contributed by atoms with Crippen LogP contribution < -0.4 is 5.32 Å². The molecule has 2 nitrogen and oxygen atoms in total. The van der Waals surface area contributed by atoms with E-state index in [0.717, 1.165) is 11.6 Å². The van der Waals surface area contributed by atoms with Crippen molar-refractivity contribution in [3.8, 4) is 0 Å². The topological polar surface area (TPSA) is 27.8 Å². The summed E-state index contributed by atoms with van der Waals surface area (Å²) in [6.07, 6.45) is 3.93. The quantitative estimate of drug-likeness (QED) is 0.833. The minimum Gasteiger partial charge on any atom is -0.367 e. The Morgan fingerprint density at radius 1 is 1.38 bits per heavy atom. The van der Waals surface area contributed by atoms with E-state index in [9.17, 15) is 0 Å². The Hall–Kier alpha value is -1.25. The van der Waals surface area contributed by atoms with Gasteiger partial charge < -0.3 is 10.3 Å². The smallest absolute Gasteiger partial charge is 0.0409 e. The molecule has 2 N–H and O–H groups in total. The highest BCUT2D eigenvalue weighted by molar-refractivity contribution is 6.30. The van der Waals surface area contributed by atoms with Gasteiger partial charge in [-0.05, 0) is 36.2 Å². The predicted molar refractivity (Wildman–Crippen MR) is 67.5 cm³/mol. The van der Waals surface area contributed by atoms with Crippen LogP contribution in [0.2, 0.25) is 5.02 Å². The fourth-order valence-electron chi connectivity index (χ4n) is 1.63. The van der Waals surface area contributed by atoms with Gasteiger partial charge in [0.2, 0.25) is 0 Å². The molecule has 2 rings (SSSR count). The van der Waals surface area contributed by atoms with Crippen LogP contribution in [-0.4, -0.2) is 4.98 Å². The number of hydrogen-bond acceptors (Lipinski definition) is 1. The highest BCUT2D eigenvalue weighted by Crippen LogP contribution is 2.17. The monoisotopic (exact) mass is 234 g/mol. The maximum atomic E-state index is 5.96. The second kappa shape index (κ2) is 5.19. The van der Waals surface area contributed by atoms with E-state index in [1.807, 2.05) is 30.6 Å². The second-order valence-electron chi connectivity index (χ2n) is 3.88. The number of rotatable bonds is 4. The number of nitrogens with one attached hydrogen (secondary N) is 2. The molecule has 1 atom stereocenters. The summed E-state index contributed by atoms with van der Waals surface area (Å²) in [5, 5.41) is 4.23. The molecule has 1 aromatic carbocycles. The number of hydrogen-bond donors (Lipinski definition) is 2. The van der Waals surface area contributed by atoms with E-state index in [2.05, 4.69) is 29.4 Å². The molecule has 0 bridgehead atoms. The van der Waals surface area contributed by atoms with E-state index in [1.165, 1.54) is 11.1 Å². The zero-order chi connectivity index (χ0) is 11.4. The normalized spacial score (nSPS) is 12.6. The Labute approximate surface area is 101 Å². The Balaban J connectivity index is 1.95. The van der Waals surface area contributed by atoms with E-state index in [1.54, 1.807) is 0 Å². The minimum atomic E-state index is 0.300. The SMILES string of the molecule is C[C@@H](NCc1cc[nH]c1)c1cccc(Cl)c1. The van der Waals surface area contributed by atoms with Crippen molar-refractivity contribution in [3.63, 3.8) is 0 Å². The number of benzene rings is 1. The van der Waals surface area contributed by atoms with Gasteiger partial charge in [0.05, 0.1) is 0 Å². The Morgan fingerprint density at radius 2 is 2.25 bits per heavy atom. The van der Waals surface area contributed by atoms with Crippen molar-refractivity contribution in [1.29, 1.82) is 0 Å². The molecule has 0 fully saturated rings. The van der Waals surface area contributed by atoms with Crippen molar-refractivity contribution in [2.75, 3.05) is 0 Å². The second-order valence-corrected chi connectivity index (χ2v) is 4.31. The first-order valence-electron chi connectivity index (χ1n) is 5.36. The third-order valence-corrected chi connectivity index (χ3v) is 2.86. The largest absolute Gasteiger partial charge is 0.367 e. The van der Waals surface area contributed by atoms with Crippen molar-refractivity contribution in [3.05, 3.63) is 58.9 Å². The molecule has 0 aliphatic carbocycles. The van der Waals surface area contributed by atoms with Crippen LogP contribution in [-0.2, 0) is 6.54 Å². The maximum absolute atomic E-state index is 5.96. The molecule has 0 aliphatic rings. The molecular weight excluding hydrogens is 220 g/mol. The Kier molecular flexibility index (Phi) is 3.65. The molecule has 84 valence electrons. The number of aromatic amines is 1. The van der Waals surface area contributed by atoms with Gasteiger partial charge in [-0.3, -0.25) is 0 Å². The molecule has 0 spiro atoms. The van der Waals surface area contributed by atoms with Gasteiger partial charge in [-0.25, -0.2) is 0 Å². The van der Waals surface area contributed by atoms with Crippen LogP contribution in [0.1, 0.15) is 24.1 Å². The molecule has 0 unspecified atom stereocenters. The van der Waals surface area contributed by atoms with Gasteiger partial charge in [-0.2, -0.15) is 0 Å². The molecule has 0 saturated carbocycles. The first kappa shape index (κ1) is 11.2. The van der Waals surface area contributed by atoms with Crippen LogP contribution in [0.5, 0.6) is 0 Å². The van der Waals surface area contributed by atoms with Crippen molar-refractivity contribution in [2.45, 2.75) is 19.5 Å². The van der Waals surface area contributed by atoms with Crippen molar-refractivity contribution < 1.29 is 0 Å². The molecule has 0 amide bonds. The molecule has 3 heteroatoms. The summed E-state index contributed by atoms with van der Waals surface area (Å²) in [6, 6.07) is 10.3. The van der Waals surface area contributed by atoms with Crippen LogP contribution in [0.3, 0.4) is 0 Å². The first-order chi connectivity index (χ1) is 7.75. The lowest BCUT2D eigenvalue weighted by atomic mass is 10.1. The lowest BCUT2D eigenvalue weighted by Crippen LogP contribution is -2.17. The van der Waals surface area contributed by atoms with Crippen LogP contribution in [0.4, 0.5) is 0 Å². The van der Waals surface area contributed by atoms with Crippen LogP contribution in [0.25, 0.3) is 0 Å². The summed E-state index contributed by atoms with van der Waals surface area (Å²) < 4.78 is 0. The highest BCUT2D eigenvalue weighted by atomic mass is 35.5. The average Bonchev–Trinajstić information content (AvgIpc) is 2.78. The molecular formula is C13H15ClN2. The summed E-state index contributed by atoms with van der Waals surface area (Å²) >= 11 is 5.96. The van der Waals surface area contributed by atoms with Gasteiger partial charge in [-0.15, -0.1) is 0 Å². The van der Waals surface area contributed by atoms with Gasteiger partial charge >= 0.3 is 0 Å². The summed E-state index contributed by atoms with van der Waals surface area (Å²) in [5.41, 5.74) is 2.47. The molecule has 1 aromatic heterocycles. The fraction of sp³-hybridized carbons (Fsp3) is 0.231. The lowest BCUT2D eigenvalue weighted by Gasteiger charge is -2.13. The number of aromatic nitrogens is 1. The van der Waals surface area contributed by atoms with Gasteiger partial charge in [0.15, 0.2) is 0 Å². The minimum absolute atomic E-state index is 0.300. The third kappa shape index (κ3) is 2.87. The maximum Gasteiger partial charge on any atom is 0.0409 e.